The molecule has 0 aliphatic carbocycles. The largest absolute Gasteiger partial charge is 0.481 e. The van der Waals surface area contributed by atoms with Crippen molar-refractivity contribution < 1.29 is 66.3 Å². The van der Waals surface area contributed by atoms with Crippen LogP contribution >= 0.6 is 15.6 Å². The zero-order valence-corrected chi connectivity index (χ0v) is 43.6. The molecule has 1 aromatic heterocycles. The topological polar surface area (TPSA) is 265 Å². The van der Waals surface area contributed by atoms with Gasteiger partial charge < -0.3 is 39.9 Å². The number of hydrogen-bond donors (Lipinski definition) is 5. The summed E-state index contributed by atoms with van der Waals surface area (Å²) in [4.78, 5) is 61.9. The minimum atomic E-state index is -5.42. The second kappa shape index (κ2) is 35.8. The molecule has 18 nitrogen and oxygen atoms in total. The second-order valence-electron chi connectivity index (χ2n) is 19.1. The van der Waals surface area contributed by atoms with Gasteiger partial charge in [0.15, 0.2) is 12.3 Å². The summed E-state index contributed by atoms with van der Waals surface area (Å²) >= 11 is 0. The highest BCUT2D eigenvalue weighted by Gasteiger charge is 2.46. The molecule has 68 heavy (non-hydrogen) atoms. The minimum Gasteiger partial charge on any atom is -0.462 e. The van der Waals surface area contributed by atoms with E-state index >= 15 is 0 Å². The number of nitrogens with two attached hydrogens (primary N) is 1. The predicted molar refractivity (Wildman–Crippen MR) is 261 cm³/mol. The number of rotatable bonds is 42. The van der Waals surface area contributed by atoms with Crippen molar-refractivity contribution >= 4 is 33.4 Å². The third-order valence-corrected chi connectivity index (χ3v) is 15.0. The van der Waals surface area contributed by atoms with Crippen LogP contribution < -0.4 is 11.4 Å². The third-order valence-electron chi connectivity index (χ3n) is 12.4. The Morgan fingerprint density at radius 3 is 1.68 bits per heavy atom. The van der Waals surface area contributed by atoms with E-state index in [1.165, 1.54) is 115 Å². The molecule has 0 aromatic carbocycles. The molecule has 1 aliphatic heterocycles. The zero-order chi connectivity index (χ0) is 50.2. The molecule has 6 N–H and O–H groups in total. The maximum absolute atomic E-state index is 12.8. The SMILES string of the molecule is CCC(C)CCCCCCCCCCCCCCCCC(=O)OC[C@H](COP(=O)(O)OP(=O)(O)OC[C@H]1O[C@@H](n2ccc(N)nc2=O)C(O)[C@H]1O)OC(=O)CCCCCCCCCCCC(C)C. The van der Waals surface area contributed by atoms with Gasteiger partial charge in [-0.2, -0.15) is 9.29 Å². The monoisotopic (exact) mass is 1010 g/mol. The number of esters is 2. The fraction of sp³-hybridized carbons (Fsp3) is 0.875. The second-order valence-corrected chi connectivity index (χ2v) is 22.2. The van der Waals surface area contributed by atoms with E-state index in [-0.39, 0.29) is 18.7 Å². The molecule has 2 rings (SSSR count). The highest BCUT2D eigenvalue weighted by Crippen LogP contribution is 2.60. The molecule has 0 amide bonds. The minimum absolute atomic E-state index is 0.0550. The first-order valence-corrected chi connectivity index (χ1v) is 28.8. The number of phosphoric acid groups is 2. The average molecular weight is 1010 g/mol. The summed E-state index contributed by atoms with van der Waals surface area (Å²) in [7, 11) is -10.8. The van der Waals surface area contributed by atoms with Crippen molar-refractivity contribution in [3.05, 3.63) is 22.7 Å². The summed E-state index contributed by atoms with van der Waals surface area (Å²) in [6, 6.07) is 1.25. The van der Waals surface area contributed by atoms with Gasteiger partial charge in [0, 0.05) is 19.0 Å². The van der Waals surface area contributed by atoms with Crippen molar-refractivity contribution in [3.8, 4) is 0 Å². The Balaban J connectivity index is 1.77. The number of nitrogens with zero attached hydrogens (tertiary/aromatic N) is 2. The summed E-state index contributed by atoms with van der Waals surface area (Å²) in [5.41, 5.74) is 4.59. The van der Waals surface area contributed by atoms with Gasteiger partial charge in [0.25, 0.3) is 0 Å². The van der Waals surface area contributed by atoms with Crippen LogP contribution in [0.2, 0.25) is 0 Å². The molecule has 1 saturated heterocycles. The molecule has 4 unspecified atom stereocenters. The molecular weight excluding hydrogens is 920 g/mol. The van der Waals surface area contributed by atoms with Crippen molar-refractivity contribution in [1.82, 2.24) is 9.55 Å². The molecule has 2 heterocycles. The van der Waals surface area contributed by atoms with Crippen molar-refractivity contribution in [2.45, 2.75) is 238 Å². The number of hydrogen-bond acceptors (Lipinski definition) is 15. The molecule has 0 spiro atoms. The first-order chi connectivity index (χ1) is 32.4. The van der Waals surface area contributed by atoms with E-state index in [1.807, 2.05) is 0 Å². The molecule has 0 radical (unpaired) electrons. The normalized spacial score (nSPS) is 20.0. The first-order valence-electron chi connectivity index (χ1n) is 25.8. The predicted octanol–water partition coefficient (Wildman–Crippen LogP) is 10.4. The van der Waals surface area contributed by atoms with Gasteiger partial charge in [0.05, 0.1) is 13.2 Å². The highest BCUT2D eigenvalue weighted by molar-refractivity contribution is 7.61. The molecule has 396 valence electrons. The lowest BCUT2D eigenvalue weighted by molar-refractivity contribution is -0.161. The van der Waals surface area contributed by atoms with Crippen LogP contribution in [0.15, 0.2) is 17.1 Å². The number of anilines is 1. The van der Waals surface area contributed by atoms with Gasteiger partial charge in [-0.25, -0.2) is 13.9 Å². The van der Waals surface area contributed by atoms with E-state index in [0.717, 1.165) is 67.8 Å². The number of aliphatic hydroxyl groups is 2. The summed E-state index contributed by atoms with van der Waals surface area (Å²) in [5.74, 6) is 0.301. The molecule has 0 bridgehead atoms. The Labute approximate surface area is 406 Å². The number of nitrogen functional groups attached to an aromatic ring is 1. The Bertz CT molecular complexity index is 1670. The van der Waals surface area contributed by atoms with Gasteiger partial charge >= 0.3 is 33.3 Å². The van der Waals surface area contributed by atoms with E-state index in [2.05, 4.69) is 37.0 Å². The Kier molecular flexibility index (Phi) is 32.6. The number of unbranched alkanes of at least 4 members (excludes halogenated alkanes) is 21. The van der Waals surface area contributed by atoms with Crippen LogP contribution in [0.1, 0.15) is 214 Å². The van der Waals surface area contributed by atoms with Gasteiger partial charge in [-0.1, -0.05) is 182 Å². The quantitative estimate of drug-likeness (QED) is 0.0231. The highest BCUT2D eigenvalue weighted by atomic mass is 31.3. The smallest absolute Gasteiger partial charge is 0.462 e. The summed E-state index contributed by atoms with van der Waals surface area (Å²) in [6.07, 6.45) is 23.4. The summed E-state index contributed by atoms with van der Waals surface area (Å²) in [6.45, 7) is 6.80. The average Bonchev–Trinajstić information content (AvgIpc) is 3.56. The van der Waals surface area contributed by atoms with Gasteiger partial charge in [-0.3, -0.25) is 23.2 Å². The lowest BCUT2D eigenvalue weighted by Crippen LogP contribution is -2.36. The maximum Gasteiger partial charge on any atom is 0.481 e. The third kappa shape index (κ3) is 29.2. The van der Waals surface area contributed by atoms with Crippen LogP contribution in [0.5, 0.6) is 0 Å². The summed E-state index contributed by atoms with van der Waals surface area (Å²) in [5, 5.41) is 20.9. The Hall–Kier alpha value is -2.24. The number of carbonyl (C=O) groups excluding carboxylic acids is 2. The van der Waals surface area contributed by atoms with Gasteiger partial charge in [0.1, 0.15) is 30.7 Å². The first kappa shape index (κ1) is 61.9. The fourth-order valence-corrected chi connectivity index (χ4v) is 10.1. The summed E-state index contributed by atoms with van der Waals surface area (Å²) < 4.78 is 56.8. The van der Waals surface area contributed by atoms with Crippen LogP contribution in [0, 0.1) is 11.8 Å². The zero-order valence-electron chi connectivity index (χ0n) is 41.8. The fourth-order valence-electron chi connectivity index (χ4n) is 8.00. The van der Waals surface area contributed by atoms with Gasteiger partial charge in [0.2, 0.25) is 0 Å². The van der Waals surface area contributed by atoms with Gasteiger partial charge in [-0.15, -0.1) is 0 Å². The van der Waals surface area contributed by atoms with Crippen LogP contribution in [-0.4, -0.2) is 85.7 Å². The van der Waals surface area contributed by atoms with E-state index in [1.54, 1.807) is 0 Å². The molecule has 1 aliphatic rings. The van der Waals surface area contributed by atoms with Crippen molar-refractivity contribution in [2.24, 2.45) is 11.8 Å². The Morgan fingerprint density at radius 2 is 1.18 bits per heavy atom. The molecule has 1 aromatic rings. The lowest BCUT2D eigenvalue weighted by Gasteiger charge is -2.21. The molecule has 1 fully saturated rings. The Morgan fingerprint density at radius 1 is 0.706 bits per heavy atom. The standard InChI is InChI=1S/C48H89N3O15P2/c1-5-39(4)30-26-22-18-14-10-8-6-7-9-11-15-19-23-27-31-43(52)61-35-40(64-44(53)32-28-24-20-16-12-13-17-21-25-29-38(2)3)36-62-67(57,58)66-68(59,60)63-37-41-45(54)46(55)47(65-41)51-34-33-42(49)50-48(51)56/h33-34,38-41,45-47,54-55H,5-32,35-37H2,1-4H3,(H,57,58)(H,59,60)(H2,49,50,56)/t39?,40-,41-,45+,46?,47-/m1/s1. The number of aromatic nitrogens is 2. The van der Waals surface area contributed by atoms with Crippen LogP contribution in [-0.2, 0) is 46.3 Å². The van der Waals surface area contributed by atoms with E-state index in [0.29, 0.717) is 12.8 Å². The van der Waals surface area contributed by atoms with Crippen molar-refractivity contribution in [3.63, 3.8) is 0 Å². The number of carbonyl (C=O) groups is 2. The molecular formula is C48H89N3O15P2. The van der Waals surface area contributed by atoms with E-state index in [4.69, 9.17) is 29.0 Å². The lowest BCUT2D eigenvalue weighted by atomic mass is 9.99. The van der Waals surface area contributed by atoms with Crippen LogP contribution in [0.3, 0.4) is 0 Å². The number of aliphatic hydroxyl groups excluding tert-OH is 2. The number of phosphoric ester groups is 2. The molecule has 0 saturated carbocycles. The van der Waals surface area contributed by atoms with E-state index in [9.17, 15) is 43.5 Å². The molecule has 20 heteroatoms. The van der Waals surface area contributed by atoms with Crippen LogP contribution in [0.25, 0.3) is 0 Å². The van der Waals surface area contributed by atoms with Crippen LogP contribution in [0.4, 0.5) is 5.82 Å². The van der Waals surface area contributed by atoms with Crippen molar-refractivity contribution in [1.29, 1.82) is 0 Å². The van der Waals surface area contributed by atoms with E-state index < -0.39 is 83.7 Å². The molecule has 8 atom stereocenters. The van der Waals surface area contributed by atoms with Crippen molar-refractivity contribution in [2.75, 3.05) is 25.6 Å². The maximum atomic E-state index is 12.8. The van der Waals surface area contributed by atoms with Gasteiger partial charge in [-0.05, 0) is 30.7 Å². The number of ether oxygens (including phenoxy) is 3.